The van der Waals surface area contributed by atoms with Crippen molar-refractivity contribution in [2.75, 3.05) is 19.8 Å². The first-order chi connectivity index (χ1) is 9.28. The Hall–Kier alpha value is -1.66. The first-order valence-electron chi connectivity index (χ1n) is 6.35. The molecule has 0 aliphatic heterocycles. The van der Waals surface area contributed by atoms with Gasteiger partial charge in [-0.05, 0) is 39.8 Å². The van der Waals surface area contributed by atoms with Crippen molar-refractivity contribution in [3.8, 4) is 0 Å². The molecule has 0 amide bonds. The summed E-state index contributed by atoms with van der Waals surface area (Å²) in [5.74, 6) is -2.18. The average Bonchev–Trinajstić information content (AvgIpc) is 2.36. The SMILES string of the molecule is CCOCC(C=C(C)C(=O)O)(C=C(C)C(=O)O)OCC. The van der Waals surface area contributed by atoms with Gasteiger partial charge in [0.15, 0.2) is 0 Å². The van der Waals surface area contributed by atoms with Crippen molar-refractivity contribution in [1.82, 2.24) is 0 Å². The van der Waals surface area contributed by atoms with Crippen LogP contribution in [0.2, 0.25) is 0 Å². The number of ether oxygens (including phenoxy) is 2. The summed E-state index contributed by atoms with van der Waals surface area (Å²) in [4.78, 5) is 21.9. The lowest BCUT2D eigenvalue weighted by molar-refractivity contribution is -0.133. The highest BCUT2D eigenvalue weighted by atomic mass is 16.5. The molecule has 0 unspecified atom stereocenters. The van der Waals surface area contributed by atoms with Gasteiger partial charge in [0.1, 0.15) is 5.60 Å². The highest BCUT2D eigenvalue weighted by Gasteiger charge is 2.28. The molecule has 0 bridgehead atoms. The van der Waals surface area contributed by atoms with E-state index in [1.165, 1.54) is 26.0 Å². The Balaban J connectivity index is 5.68. The molecule has 0 aromatic rings. The molecular formula is C14H22O6. The van der Waals surface area contributed by atoms with Crippen molar-refractivity contribution < 1.29 is 29.3 Å². The zero-order chi connectivity index (χ0) is 15.8. The van der Waals surface area contributed by atoms with E-state index in [4.69, 9.17) is 19.7 Å². The Morgan fingerprint density at radius 3 is 1.75 bits per heavy atom. The van der Waals surface area contributed by atoms with Crippen molar-refractivity contribution in [1.29, 1.82) is 0 Å². The number of carboxylic acid groups (broad SMARTS) is 2. The van der Waals surface area contributed by atoms with Crippen LogP contribution in [0.25, 0.3) is 0 Å². The summed E-state index contributed by atoms with van der Waals surface area (Å²) < 4.78 is 10.9. The molecule has 0 aromatic heterocycles. The van der Waals surface area contributed by atoms with Gasteiger partial charge >= 0.3 is 11.9 Å². The number of carboxylic acids is 2. The summed E-state index contributed by atoms with van der Waals surface area (Å²) in [6.07, 6.45) is 2.75. The van der Waals surface area contributed by atoms with Crippen LogP contribution in [0.15, 0.2) is 23.3 Å². The number of carbonyl (C=O) groups is 2. The van der Waals surface area contributed by atoms with Crippen LogP contribution in [-0.2, 0) is 19.1 Å². The predicted octanol–water partition coefficient (Wildman–Crippen LogP) is 1.86. The zero-order valence-corrected chi connectivity index (χ0v) is 12.3. The van der Waals surface area contributed by atoms with E-state index in [1.807, 2.05) is 0 Å². The molecule has 0 aliphatic carbocycles. The molecule has 0 atom stereocenters. The van der Waals surface area contributed by atoms with Crippen LogP contribution in [0, 0.1) is 0 Å². The van der Waals surface area contributed by atoms with Crippen LogP contribution >= 0.6 is 0 Å². The fraction of sp³-hybridized carbons (Fsp3) is 0.571. The van der Waals surface area contributed by atoms with Gasteiger partial charge in [0.05, 0.1) is 6.61 Å². The molecule has 2 N–H and O–H groups in total. The minimum atomic E-state index is -1.20. The Morgan fingerprint density at radius 2 is 1.45 bits per heavy atom. The van der Waals surface area contributed by atoms with Gasteiger partial charge < -0.3 is 19.7 Å². The van der Waals surface area contributed by atoms with Gasteiger partial charge in [-0.1, -0.05) is 0 Å². The van der Waals surface area contributed by atoms with E-state index in [2.05, 4.69) is 0 Å². The van der Waals surface area contributed by atoms with Gasteiger partial charge in [-0.25, -0.2) is 9.59 Å². The quantitative estimate of drug-likeness (QED) is 0.628. The summed E-state index contributed by atoms with van der Waals surface area (Å²) in [6, 6.07) is 0. The maximum absolute atomic E-state index is 11.0. The van der Waals surface area contributed by atoms with Crippen molar-refractivity contribution in [3.63, 3.8) is 0 Å². The number of aliphatic carboxylic acids is 2. The molecule has 0 rings (SSSR count). The third kappa shape index (κ3) is 5.99. The second-order valence-electron chi connectivity index (χ2n) is 4.29. The van der Waals surface area contributed by atoms with Crippen LogP contribution in [0.5, 0.6) is 0 Å². The molecule has 0 aliphatic rings. The summed E-state index contributed by atoms with van der Waals surface area (Å²) in [6.45, 7) is 7.13. The highest BCUT2D eigenvalue weighted by Crippen LogP contribution is 2.21. The normalized spacial score (nSPS) is 15.8. The lowest BCUT2D eigenvalue weighted by Gasteiger charge is -2.28. The molecule has 0 fully saturated rings. The van der Waals surface area contributed by atoms with E-state index < -0.39 is 17.5 Å². The fourth-order valence-electron chi connectivity index (χ4n) is 1.64. The minimum Gasteiger partial charge on any atom is -0.478 e. The van der Waals surface area contributed by atoms with Gasteiger partial charge in [0.2, 0.25) is 0 Å². The van der Waals surface area contributed by atoms with E-state index in [0.717, 1.165) is 0 Å². The lowest BCUT2D eigenvalue weighted by Crippen LogP contribution is -2.35. The molecule has 114 valence electrons. The van der Waals surface area contributed by atoms with Crippen molar-refractivity contribution in [2.24, 2.45) is 0 Å². The van der Waals surface area contributed by atoms with Crippen molar-refractivity contribution in [3.05, 3.63) is 23.3 Å². The van der Waals surface area contributed by atoms with Gasteiger partial charge in [-0.15, -0.1) is 0 Å². The van der Waals surface area contributed by atoms with E-state index in [0.29, 0.717) is 13.2 Å². The van der Waals surface area contributed by atoms with Crippen LogP contribution in [0.3, 0.4) is 0 Å². The first kappa shape index (κ1) is 18.3. The van der Waals surface area contributed by atoms with Crippen LogP contribution < -0.4 is 0 Å². The molecule has 0 heterocycles. The van der Waals surface area contributed by atoms with Gasteiger partial charge in [-0.3, -0.25) is 0 Å². The zero-order valence-electron chi connectivity index (χ0n) is 12.3. The Morgan fingerprint density at radius 1 is 1.00 bits per heavy atom. The average molecular weight is 286 g/mol. The van der Waals surface area contributed by atoms with Crippen molar-refractivity contribution >= 4 is 11.9 Å². The smallest absolute Gasteiger partial charge is 0.331 e. The maximum atomic E-state index is 11.0. The van der Waals surface area contributed by atoms with Gasteiger partial charge in [-0.2, -0.15) is 0 Å². The second-order valence-corrected chi connectivity index (χ2v) is 4.29. The third-order valence-corrected chi connectivity index (χ3v) is 2.54. The molecule has 6 nitrogen and oxygen atoms in total. The molecule has 0 radical (unpaired) electrons. The maximum Gasteiger partial charge on any atom is 0.331 e. The largest absolute Gasteiger partial charge is 0.478 e. The molecule has 0 saturated carbocycles. The molecule has 0 spiro atoms. The van der Waals surface area contributed by atoms with E-state index in [9.17, 15) is 9.59 Å². The van der Waals surface area contributed by atoms with Gasteiger partial charge in [0.25, 0.3) is 0 Å². The number of rotatable bonds is 9. The summed E-state index contributed by atoms with van der Waals surface area (Å²) in [5.41, 5.74) is -1.07. The van der Waals surface area contributed by atoms with Crippen molar-refractivity contribution in [2.45, 2.75) is 33.3 Å². The minimum absolute atomic E-state index is 0.0482. The monoisotopic (exact) mass is 286 g/mol. The van der Waals surface area contributed by atoms with Crippen LogP contribution in [-0.4, -0.2) is 47.6 Å². The van der Waals surface area contributed by atoms with Gasteiger partial charge in [0, 0.05) is 24.4 Å². The Bertz CT molecular complexity index is 378. The Labute approximate surface area is 118 Å². The first-order valence-corrected chi connectivity index (χ1v) is 6.35. The topological polar surface area (TPSA) is 93.1 Å². The van der Waals surface area contributed by atoms with Crippen LogP contribution in [0.4, 0.5) is 0 Å². The van der Waals surface area contributed by atoms with E-state index >= 15 is 0 Å². The Kier molecular flexibility index (Phi) is 7.79. The molecule has 0 aromatic carbocycles. The summed E-state index contributed by atoms with van der Waals surface area (Å²) in [5, 5.41) is 18.0. The van der Waals surface area contributed by atoms with E-state index in [1.54, 1.807) is 13.8 Å². The van der Waals surface area contributed by atoms with E-state index in [-0.39, 0.29) is 17.8 Å². The standard InChI is InChI=1S/C14H22O6/c1-5-19-9-14(20-6-2,7-10(3)12(15)16)8-11(4)13(17)18/h7-8H,5-6,9H2,1-4H3,(H,15,16)(H,17,18). The predicted molar refractivity (Wildman–Crippen MR) is 73.6 cm³/mol. The third-order valence-electron chi connectivity index (χ3n) is 2.54. The second kappa shape index (κ2) is 8.50. The lowest BCUT2D eigenvalue weighted by atomic mass is 9.98. The highest BCUT2D eigenvalue weighted by molar-refractivity contribution is 5.87. The summed E-state index contributed by atoms with van der Waals surface area (Å²) >= 11 is 0. The molecule has 0 saturated heterocycles. The molecule has 20 heavy (non-hydrogen) atoms. The molecule has 6 heteroatoms. The van der Waals surface area contributed by atoms with Crippen LogP contribution in [0.1, 0.15) is 27.7 Å². The fourth-order valence-corrected chi connectivity index (χ4v) is 1.64. The molecular weight excluding hydrogens is 264 g/mol. The number of hydrogen-bond acceptors (Lipinski definition) is 4. The number of hydrogen-bond donors (Lipinski definition) is 2. The summed E-state index contributed by atoms with van der Waals surface area (Å²) in [7, 11) is 0.